The Morgan fingerprint density at radius 3 is 2.32 bits per heavy atom. The zero-order valence-corrected chi connectivity index (χ0v) is 20.0. The van der Waals surface area contributed by atoms with E-state index in [0.29, 0.717) is 27.3 Å². The smallest absolute Gasteiger partial charge is 0.412 e. The molecule has 3 aromatic carbocycles. The summed E-state index contributed by atoms with van der Waals surface area (Å²) in [7, 11) is 1.71. The van der Waals surface area contributed by atoms with E-state index in [9.17, 15) is 9.59 Å². The lowest BCUT2D eigenvalue weighted by Gasteiger charge is -2.19. The fourth-order valence-corrected chi connectivity index (χ4v) is 3.45. The van der Waals surface area contributed by atoms with Gasteiger partial charge in [-0.05, 0) is 87.5 Å². The minimum atomic E-state index is -0.583. The SMILES string of the molecule is CN(C(=O)c1ccc2nnn(-c3ccc(NC(=O)OC(C)(C)C)cc3)c2c1)c1ccc(Cl)cc1. The molecule has 0 unspecified atom stereocenters. The fourth-order valence-electron chi connectivity index (χ4n) is 3.33. The highest BCUT2D eigenvalue weighted by molar-refractivity contribution is 6.30. The molecule has 0 aliphatic heterocycles. The van der Waals surface area contributed by atoms with Gasteiger partial charge in [-0.1, -0.05) is 16.8 Å². The van der Waals surface area contributed by atoms with Crippen LogP contribution in [-0.2, 0) is 4.74 Å². The molecule has 2 amide bonds. The first kappa shape index (κ1) is 23.3. The molecule has 1 aromatic heterocycles. The van der Waals surface area contributed by atoms with Gasteiger partial charge < -0.3 is 9.64 Å². The number of nitrogens with zero attached hydrogens (tertiary/aromatic N) is 4. The minimum Gasteiger partial charge on any atom is -0.444 e. The van der Waals surface area contributed by atoms with Crippen molar-refractivity contribution in [1.29, 1.82) is 0 Å². The molecule has 174 valence electrons. The van der Waals surface area contributed by atoms with E-state index in [0.717, 1.165) is 11.4 Å². The van der Waals surface area contributed by atoms with Crippen molar-refractivity contribution in [1.82, 2.24) is 15.0 Å². The summed E-state index contributed by atoms with van der Waals surface area (Å²) in [6, 6.07) is 19.4. The van der Waals surface area contributed by atoms with Gasteiger partial charge in [0, 0.05) is 29.0 Å². The van der Waals surface area contributed by atoms with Crippen molar-refractivity contribution in [3.05, 3.63) is 77.3 Å². The monoisotopic (exact) mass is 477 g/mol. The van der Waals surface area contributed by atoms with Gasteiger partial charge in [-0.2, -0.15) is 0 Å². The third kappa shape index (κ3) is 5.18. The summed E-state index contributed by atoms with van der Waals surface area (Å²) in [5.41, 5.74) is 3.30. The van der Waals surface area contributed by atoms with Crippen molar-refractivity contribution in [3.8, 4) is 5.69 Å². The Labute approximate surface area is 202 Å². The average Bonchev–Trinajstić information content (AvgIpc) is 3.21. The maximum atomic E-state index is 13.1. The Bertz CT molecular complexity index is 1340. The van der Waals surface area contributed by atoms with Crippen LogP contribution < -0.4 is 10.2 Å². The quantitative estimate of drug-likeness (QED) is 0.407. The van der Waals surface area contributed by atoms with Crippen LogP contribution in [0.3, 0.4) is 0 Å². The van der Waals surface area contributed by atoms with Crippen LogP contribution in [0.5, 0.6) is 0 Å². The van der Waals surface area contributed by atoms with E-state index in [2.05, 4.69) is 15.6 Å². The molecule has 0 bridgehead atoms. The van der Waals surface area contributed by atoms with E-state index in [1.807, 2.05) is 0 Å². The number of ether oxygens (including phenoxy) is 1. The molecule has 0 spiro atoms. The Kier molecular flexibility index (Phi) is 6.26. The van der Waals surface area contributed by atoms with Crippen molar-refractivity contribution in [3.63, 3.8) is 0 Å². The van der Waals surface area contributed by atoms with Gasteiger partial charge in [-0.15, -0.1) is 5.10 Å². The van der Waals surface area contributed by atoms with Gasteiger partial charge in [0.25, 0.3) is 5.91 Å². The number of aromatic nitrogens is 3. The number of amides is 2. The Hall–Kier alpha value is -3.91. The molecule has 9 heteroatoms. The van der Waals surface area contributed by atoms with E-state index in [1.165, 1.54) is 0 Å². The van der Waals surface area contributed by atoms with Crippen molar-refractivity contribution in [2.75, 3.05) is 17.3 Å². The third-order valence-electron chi connectivity index (χ3n) is 4.97. The maximum Gasteiger partial charge on any atom is 0.412 e. The molecule has 8 nitrogen and oxygen atoms in total. The van der Waals surface area contributed by atoms with E-state index in [4.69, 9.17) is 16.3 Å². The van der Waals surface area contributed by atoms with Crippen LogP contribution >= 0.6 is 11.6 Å². The summed E-state index contributed by atoms with van der Waals surface area (Å²) in [5.74, 6) is -0.172. The summed E-state index contributed by atoms with van der Waals surface area (Å²) in [5, 5.41) is 11.7. The van der Waals surface area contributed by atoms with Crippen LogP contribution in [0.25, 0.3) is 16.7 Å². The summed E-state index contributed by atoms with van der Waals surface area (Å²) >= 11 is 5.95. The number of carbonyl (C=O) groups excluding carboxylic acids is 2. The molecule has 0 saturated heterocycles. The number of rotatable bonds is 4. The molecular weight excluding hydrogens is 454 g/mol. The highest BCUT2D eigenvalue weighted by Gasteiger charge is 2.18. The van der Waals surface area contributed by atoms with E-state index in [-0.39, 0.29) is 5.91 Å². The number of hydrogen-bond donors (Lipinski definition) is 1. The van der Waals surface area contributed by atoms with Gasteiger partial charge in [0.15, 0.2) is 0 Å². The molecule has 1 N–H and O–H groups in total. The normalized spacial score (nSPS) is 11.3. The number of anilines is 2. The number of fused-ring (bicyclic) bond motifs is 1. The van der Waals surface area contributed by atoms with E-state index < -0.39 is 11.7 Å². The second kappa shape index (κ2) is 9.15. The Morgan fingerprint density at radius 1 is 1.00 bits per heavy atom. The predicted molar refractivity (Wildman–Crippen MR) is 133 cm³/mol. The number of carbonyl (C=O) groups is 2. The summed E-state index contributed by atoms with van der Waals surface area (Å²) in [6.07, 6.45) is -0.528. The van der Waals surface area contributed by atoms with Crippen LogP contribution in [0.2, 0.25) is 5.02 Å². The summed E-state index contributed by atoms with van der Waals surface area (Å²) < 4.78 is 6.92. The highest BCUT2D eigenvalue weighted by Crippen LogP contribution is 2.23. The molecule has 0 radical (unpaired) electrons. The lowest BCUT2D eigenvalue weighted by Crippen LogP contribution is -2.27. The Morgan fingerprint density at radius 2 is 1.68 bits per heavy atom. The van der Waals surface area contributed by atoms with Gasteiger partial charge in [0.05, 0.1) is 11.2 Å². The van der Waals surface area contributed by atoms with Crippen LogP contribution in [-0.4, -0.2) is 39.6 Å². The van der Waals surface area contributed by atoms with E-state index >= 15 is 0 Å². The molecule has 0 atom stereocenters. The summed E-state index contributed by atoms with van der Waals surface area (Å²) in [6.45, 7) is 5.41. The average molecular weight is 478 g/mol. The number of benzene rings is 3. The molecule has 0 fully saturated rings. The van der Waals surface area contributed by atoms with Crippen molar-refractivity contribution in [2.24, 2.45) is 0 Å². The Balaban J connectivity index is 1.57. The van der Waals surface area contributed by atoms with Gasteiger partial charge in [0.2, 0.25) is 0 Å². The number of nitrogens with one attached hydrogen (secondary N) is 1. The van der Waals surface area contributed by atoms with Gasteiger partial charge in [0.1, 0.15) is 11.1 Å². The lowest BCUT2D eigenvalue weighted by atomic mass is 10.1. The standard InChI is InChI=1S/C25H24ClN5O3/c1-25(2,3)34-24(33)27-18-8-12-20(13-9-18)31-22-15-16(5-14-21(22)28-29-31)23(32)30(4)19-10-6-17(26)7-11-19/h5-15H,1-4H3,(H,27,33). The van der Waals surface area contributed by atoms with Crippen LogP contribution in [0.4, 0.5) is 16.2 Å². The topological polar surface area (TPSA) is 89.4 Å². The largest absolute Gasteiger partial charge is 0.444 e. The second-order valence-corrected chi connectivity index (χ2v) is 9.16. The highest BCUT2D eigenvalue weighted by atomic mass is 35.5. The first-order chi connectivity index (χ1) is 16.1. The predicted octanol–water partition coefficient (Wildman–Crippen LogP) is 5.70. The second-order valence-electron chi connectivity index (χ2n) is 8.72. The molecule has 0 aliphatic rings. The van der Waals surface area contributed by atoms with E-state index in [1.54, 1.807) is 104 Å². The molecule has 1 heterocycles. The number of hydrogen-bond acceptors (Lipinski definition) is 5. The minimum absolute atomic E-state index is 0.172. The third-order valence-corrected chi connectivity index (χ3v) is 5.22. The van der Waals surface area contributed by atoms with Crippen LogP contribution in [0.15, 0.2) is 66.7 Å². The molecule has 34 heavy (non-hydrogen) atoms. The first-order valence-electron chi connectivity index (χ1n) is 10.6. The molecule has 4 rings (SSSR count). The molecule has 4 aromatic rings. The zero-order valence-electron chi connectivity index (χ0n) is 19.2. The van der Waals surface area contributed by atoms with Gasteiger partial charge in [-0.3, -0.25) is 10.1 Å². The van der Waals surface area contributed by atoms with Crippen molar-refractivity contribution < 1.29 is 14.3 Å². The van der Waals surface area contributed by atoms with Gasteiger partial charge in [-0.25, -0.2) is 9.48 Å². The van der Waals surface area contributed by atoms with Gasteiger partial charge >= 0.3 is 6.09 Å². The maximum absolute atomic E-state index is 13.1. The summed E-state index contributed by atoms with van der Waals surface area (Å²) in [4.78, 5) is 26.6. The molecule has 0 saturated carbocycles. The number of halogens is 1. The molecular formula is C25H24ClN5O3. The lowest BCUT2D eigenvalue weighted by molar-refractivity contribution is 0.0635. The van der Waals surface area contributed by atoms with Crippen molar-refractivity contribution >= 4 is 46.0 Å². The van der Waals surface area contributed by atoms with Crippen LogP contribution in [0.1, 0.15) is 31.1 Å². The van der Waals surface area contributed by atoms with Crippen LogP contribution in [0, 0.1) is 0 Å². The van der Waals surface area contributed by atoms with Crippen molar-refractivity contribution in [2.45, 2.75) is 26.4 Å². The first-order valence-corrected chi connectivity index (χ1v) is 11.0. The fraction of sp³-hybridized carbons (Fsp3) is 0.200. The molecule has 0 aliphatic carbocycles. The zero-order chi connectivity index (χ0) is 24.5.